The van der Waals surface area contributed by atoms with Crippen LogP contribution in [0.2, 0.25) is 0 Å². The van der Waals surface area contributed by atoms with Crippen LogP contribution in [-0.4, -0.2) is 58.4 Å². The molecule has 0 spiro atoms. The number of hydrogen-bond acceptors (Lipinski definition) is 6. The molecule has 130 valence electrons. The Morgan fingerprint density at radius 3 is 2.58 bits per heavy atom. The minimum Gasteiger partial charge on any atom is -0.461 e. The lowest BCUT2D eigenvalue weighted by molar-refractivity contribution is -0.139. The van der Waals surface area contributed by atoms with Crippen molar-refractivity contribution in [3.05, 3.63) is 24.3 Å². The van der Waals surface area contributed by atoms with Crippen molar-refractivity contribution in [1.29, 1.82) is 0 Å². The van der Waals surface area contributed by atoms with E-state index >= 15 is 0 Å². The summed E-state index contributed by atoms with van der Waals surface area (Å²) in [5.74, 6) is 1.02. The van der Waals surface area contributed by atoms with Crippen LogP contribution in [0, 0.1) is 0 Å². The van der Waals surface area contributed by atoms with E-state index in [9.17, 15) is 9.59 Å². The van der Waals surface area contributed by atoms with Gasteiger partial charge in [-0.2, -0.15) is 4.98 Å². The Kier molecular flexibility index (Phi) is 6.11. The number of aryl methyl sites for hydroxylation is 1. The van der Waals surface area contributed by atoms with Crippen molar-refractivity contribution in [2.75, 3.05) is 26.7 Å². The molecule has 0 aliphatic rings. The van der Waals surface area contributed by atoms with Crippen molar-refractivity contribution < 1.29 is 18.5 Å². The van der Waals surface area contributed by atoms with Gasteiger partial charge >= 0.3 is 0 Å². The van der Waals surface area contributed by atoms with E-state index in [1.54, 1.807) is 24.1 Å². The molecule has 2 heterocycles. The predicted molar refractivity (Wildman–Crippen MR) is 85.9 cm³/mol. The van der Waals surface area contributed by atoms with E-state index in [0.717, 1.165) is 0 Å². The summed E-state index contributed by atoms with van der Waals surface area (Å²) >= 11 is 0. The summed E-state index contributed by atoms with van der Waals surface area (Å²) in [7, 11) is 1.62. The first kappa shape index (κ1) is 17.7. The average Bonchev–Trinajstić information content (AvgIpc) is 3.24. The van der Waals surface area contributed by atoms with Gasteiger partial charge in [0, 0.05) is 33.0 Å². The van der Waals surface area contributed by atoms with Crippen LogP contribution < -0.4 is 0 Å². The standard InChI is InChI=1S/C16H22N4O4/c1-4-20(5-2)15(22)11-19(3)14(21)9-8-13-17-16(18-24-13)12-7-6-10-23-12/h6-7,10H,4-5,8-9,11H2,1-3H3. The van der Waals surface area contributed by atoms with Crippen LogP contribution in [-0.2, 0) is 16.0 Å². The van der Waals surface area contributed by atoms with E-state index in [0.29, 0.717) is 37.0 Å². The third-order valence-electron chi connectivity index (χ3n) is 3.68. The number of amides is 2. The molecule has 0 saturated carbocycles. The summed E-state index contributed by atoms with van der Waals surface area (Å²) in [6.45, 7) is 5.16. The maximum atomic E-state index is 12.1. The second-order valence-electron chi connectivity index (χ2n) is 5.30. The van der Waals surface area contributed by atoms with Crippen LogP contribution in [0.25, 0.3) is 11.6 Å². The van der Waals surface area contributed by atoms with Crippen LogP contribution >= 0.6 is 0 Å². The molecule has 0 aliphatic heterocycles. The zero-order chi connectivity index (χ0) is 17.5. The number of furan rings is 1. The Labute approximate surface area is 140 Å². The first-order valence-electron chi connectivity index (χ1n) is 7.93. The van der Waals surface area contributed by atoms with Crippen LogP contribution in [0.4, 0.5) is 0 Å². The van der Waals surface area contributed by atoms with Crippen molar-refractivity contribution in [2.24, 2.45) is 0 Å². The van der Waals surface area contributed by atoms with Crippen molar-refractivity contribution in [3.63, 3.8) is 0 Å². The maximum absolute atomic E-state index is 12.1. The molecular formula is C16H22N4O4. The van der Waals surface area contributed by atoms with Gasteiger partial charge in [-0.3, -0.25) is 9.59 Å². The van der Waals surface area contributed by atoms with Gasteiger partial charge in [0.15, 0.2) is 5.76 Å². The van der Waals surface area contributed by atoms with E-state index in [1.165, 1.54) is 11.2 Å². The lowest BCUT2D eigenvalue weighted by Gasteiger charge is -2.23. The SMILES string of the molecule is CCN(CC)C(=O)CN(C)C(=O)CCc1nc(-c2ccco2)no1. The molecule has 2 rings (SSSR count). The molecule has 0 aliphatic carbocycles. The molecule has 0 atom stereocenters. The molecule has 24 heavy (non-hydrogen) atoms. The Hall–Kier alpha value is -2.64. The highest BCUT2D eigenvalue weighted by Crippen LogP contribution is 2.16. The molecule has 0 saturated heterocycles. The number of hydrogen-bond donors (Lipinski definition) is 0. The van der Waals surface area contributed by atoms with E-state index in [4.69, 9.17) is 8.94 Å². The number of rotatable bonds is 8. The number of aromatic nitrogens is 2. The molecule has 0 radical (unpaired) electrons. The lowest BCUT2D eigenvalue weighted by atomic mass is 10.2. The Morgan fingerprint density at radius 1 is 1.21 bits per heavy atom. The molecule has 8 nitrogen and oxygen atoms in total. The summed E-state index contributed by atoms with van der Waals surface area (Å²) < 4.78 is 10.3. The maximum Gasteiger partial charge on any atom is 0.242 e. The molecule has 2 amide bonds. The summed E-state index contributed by atoms with van der Waals surface area (Å²) in [5, 5.41) is 3.81. The third kappa shape index (κ3) is 4.43. The van der Waals surface area contributed by atoms with Gasteiger partial charge < -0.3 is 18.7 Å². The van der Waals surface area contributed by atoms with Gasteiger partial charge in [0.2, 0.25) is 23.5 Å². The lowest BCUT2D eigenvalue weighted by Crippen LogP contribution is -2.41. The fourth-order valence-corrected chi connectivity index (χ4v) is 2.23. The zero-order valence-electron chi connectivity index (χ0n) is 14.2. The van der Waals surface area contributed by atoms with Crippen molar-refractivity contribution in [3.8, 4) is 11.6 Å². The largest absolute Gasteiger partial charge is 0.461 e. The number of carbonyl (C=O) groups is 2. The highest BCUT2D eigenvalue weighted by atomic mass is 16.5. The molecule has 8 heteroatoms. The first-order valence-corrected chi connectivity index (χ1v) is 7.93. The Morgan fingerprint density at radius 2 is 1.96 bits per heavy atom. The molecule has 0 aromatic carbocycles. The van der Waals surface area contributed by atoms with Gasteiger partial charge in [-0.1, -0.05) is 5.16 Å². The average molecular weight is 334 g/mol. The van der Waals surface area contributed by atoms with Crippen LogP contribution in [0.5, 0.6) is 0 Å². The van der Waals surface area contributed by atoms with Gasteiger partial charge in [0.05, 0.1) is 12.8 Å². The molecule has 0 fully saturated rings. The fraction of sp³-hybridized carbons (Fsp3) is 0.500. The summed E-state index contributed by atoms with van der Waals surface area (Å²) in [4.78, 5) is 31.4. The summed E-state index contributed by atoms with van der Waals surface area (Å²) in [6, 6.07) is 3.46. The number of likely N-dealkylation sites (N-methyl/N-ethyl adjacent to an activating group) is 2. The highest BCUT2D eigenvalue weighted by Gasteiger charge is 2.18. The van der Waals surface area contributed by atoms with Gasteiger partial charge in [-0.05, 0) is 26.0 Å². The summed E-state index contributed by atoms with van der Waals surface area (Å²) in [6.07, 6.45) is 2.04. The van der Waals surface area contributed by atoms with Crippen LogP contribution in [0.3, 0.4) is 0 Å². The van der Waals surface area contributed by atoms with Crippen molar-refractivity contribution in [2.45, 2.75) is 26.7 Å². The summed E-state index contributed by atoms with van der Waals surface area (Å²) in [5.41, 5.74) is 0. The van der Waals surface area contributed by atoms with Crippen LogP contribution in [0.1, 0.15) is 26.2 Å². The normalized spacial score (nSPS) is 10.6. The second kappa shape index (κ2) is 8.28. The molecule has 0 unspecified atom stereocenters. The number of carbonyl (C=O) groups excluding carboxylic acids is 2. The van der Waals surface area contributed by atoms with Gasteiger partial charge in [0.1, 0.15) is 0 Å². The Balaban J connectivity index is 1.83. The second-order valence-corrected chi connectivity index (χ2v) is 5.30. The minimum absolute atomic E-state index is 0.0613. The minimum atomic E-state index is -0.145. The molecular weight excluding hydrogens is 312 g/mol. The molecule has 2 aromatic heterocycles. The van der Waals surface area contributed by atoms with Gasteiger partial charge in [0.25, 0.3) is 0 Å². The van der Waals surface area contributed by atoms with E-state index < -0.39 is 0 Å². The molecule has 0 N–H and O–H groups in total. The third-order valence-corrected chi connectivity index (χ3v) is 3.68. The van der Waals surface area contributed by atoms with Gasteiger partial charge in [-0.15, -0.1) is 0 Å². The van der Waals surface area contributed by atoms with Gasteiger partial charge in [-0.25, -0.2) is 0 Å². The van der Waals surface area contributed by atoms with Crippen LogP contribution in [0.15, 0.2) is 27.3 Å². The molecule has 0 bridgehead atoms. The van der Waals surface area contributed by atoms with E-state index in [-0.39, 0.29) is 24.8 Å². The van der Waals surface area contributed by atoms with Crippen molar-refractivity contribution >= 4 is 11.8 Å². The fourth-order valence-electron chi connectivity index (χ4n) is 2.23. The first-order chi connectivity index (χ1) is 11.5. The van der Waals surface area contributed by atoms with E-state index in [2.05, 4.69) is 10.1 Å². The Bertz CT molecular complexity index is 661. The predicted octanol–water partition coefficient (Wildman–Crippen LogP) is 1.59. The highest BCUT2D eigenvalue weighted by molar-refractivity contribution is 5.84. The quantitative estimate of drug-likeness (QED) is 0.728. The molecule has 2 aromatic rings. The van der Waals surface area contributed by atoms with E-state index in [1.807, 2.05) is 13.8 Å². The monoisotopic (exact) mass is 334 g/mol. The zero-order valence-corrected chi connectivity index (χ0v) is 14.2. The smallest absolute Gasteiger partial charge is 0.242 e. The number of nitrogens with zero attached hydrogens (tertiary/aromatic N) is 4. The topological polar surface area (TPSA) is 92.7 Å². The van der Waals surface area contributed by atoms with Crippen molar-refractivity contribution in [1.82, 2.24) is 19.9 Å².